The number of aromatic nitrogens is 9. The summed E-state index contributed by atoms with van der Waals surface area (Å²) in [5.41, 5.74) is 9.44. The van der Waals surface area contributed by atoms with Gasteiger partial charge in [-0.2, -0.15) is 20.4 Å². The number of amides is 4. The van der Waals surface area contributed by atoms with Crippen LogP contribution in [0.5, 0.6) is 0 Å². The lowest BCUT2D eigenvalue weighted by Crippen LogP contribution is -2.53. The number of fused-ring (bicyclic) bond motifs is 13. The number of nitrogens with zero attached hydrogens (tertiary/aromatic N) is 11. The molecular weight excluding hydrogens is 1470 g/mol. The number of hydrogen-bond acceptors (Lipinski definition) is 14. The molecule has 0 aliphatic heterocycles. The second-order valence-electron chi connectivity index (χ2n) is 35.8. The van der Waals surface area contributed by atoms with E-state index in [0.717, 1.165) is 126 Å². The summed E-state index contributed by atoms with van der Waals surface area (Å²) < 4.78 is 18.4. The van der Waals surface area contributed by atoms with E-state index in [2.05, 4.69) is 77.7 Å². The summed E-state index contributed by atoms with van der Waals surface area (Å²) in [5.74, 6) is 4.18. The van der Waals surface area contributed by atoms with Crippen LogP contribution in [0, 0.1) is 53.1 Å². The Hall–Kier alpha value is -12.1. The smallest absolute Gasteiger partial charge is 0.256 e. The zero-order valence-corrected chi connectivity index (χ0v) is 70.0. The Bertz CT molecular complexity index is 5650. The SMILES string of the molecule is Cn1nc2c(c1NC(=O)c1ccccc1)CC[C@H]1C(C)(C)C(=O)/C(=C\O)C[C@]21C.Cn1nc2c(c1NC(=O)c1ccccc1)CC[C@H]1C(C)(C)c3oncc3C[C@]21C.[3H]C.[C-]#[N+]C1=C(O)C(C)(C)[C@@H]2CCc3c(nn(C)c3NC(=O)c3ccccc3)[C@@]2(C)C1.[C-]#[N+]C1=C[C@]2(C)c3nn(C)c(NC(=O)c4ccccc4)c3CC[C@H]2C(C)(C)C1=O. The lowest BCUT2D eigenvalue weighted by atomic mass is 9.50. The van der Waals surface area contributed by atoms with Crippen LogP contribution in [0.25, 0.3) is 9.69 Å². The Morgan fingerprint density at radius 3 is 1.19 bits per heavy atom. The summed E-state index contributed by atoms with van der Waals surface area (Å²) in [5, 5.41) is 55.9. The number of aliphatic hydroxyl groups excluding tert-OH is 2. The van der Waals surface area contributed by atoms with Crippen molar-refractivity contribution in [1.29, 1.82) is 0 Å². The maximum atomic E-state index is 12.9. The molecule has 8 aliphatic rings. The number of aliphatic hydroxyl groups is 2. The van der Waals surface area contributed by atoms with Crippen molar-refractivity contribution in [3.05, 3.63) is 264 Å². The number of anilines is 4. The van der Waals surface area contributed by atoms with Crippen LogP contribution in [0.4, 0.5) is 23.3 Å². The van der Waals surface area contributed by atoms with Gasteiger partial charge in [0.05, 0.1) is 48.4 Å². The first-order valence-corrected chi connectivity index (χ1v) is 39.9. The number of carbonyl (C=O) groups excluding carboxylic acids is 6. The molecule has 8 atom stereocenters. The van der Waals surface area contributed by atoms with Crippen LogP contribution < -0.4 is 21.3 Å². The molecule has 5 heterocycles. The van der Waals surface area contributed by atoms with E-state index in [1.807, 2.05) is 166 Å². The van der Waals surface area contributed by atoms with Crippen LogP contribution in [-0.4, -0.2) is 89.7 Å². The van der Waals surface area contributed by atoms with Gasteiger partial charge in [-0.1, -0.05) is 175 Å². The van der Waals surface area contributed by atoms with Gasteiger partial charge in [-0.15, -0.1) is 0 Å². The van der Waals surface area contributed by atoms with Crippen molar-refractivity contribution in [1.82, 2.24) is 44.3 Å². The van der Waals surface area contributed by atoms with Crippen LogP contribution >= 0.6 is 0 Å². The molecule has 0 spiro atoms. The van der Waals surface area contributed by atoms with Crippen molar-refractivity contribution in [2.45, 2.75) is 188 Å². The van der Waals surface area contributed by atoms with Crippen molar-refractivity contribution in [3.63, 3.8) is 0 Å². The number of Topliss-reactive ketones (excluding diaryl/α,β-unsaturated/α-hetero) is 2. The number of aryl methyl sites for hydroxylation is 4. The molecule has 24 nitrogen and oxygen atoms in total. The summed E-state index contributed by atoms with van der Waals surface area (Å²) in [6.45, 7) is 40.0. The standard InChI is InChI=1S/2C23H26N4O2.C23H24N4O2.C23H27N3O3.CH4/c1-22(2)17-11-10-16-18(23(17,3)12-15-13-24-29-19(15)22)26-27(4)20(16)25-21(28)14-8-6-5-7-9-14;2*1-22(2)17-12-11-15-18(23(17,3)13-16(24-4)19(22)28)26-27(5)20(15)25-21(29)14-9-7-6-8-10-14;1-22(2)17-11-10-16-18(23(17,3)12-15(13-27)19(22)28)25-26(4)20(16)24-21(29)14-8-6-5-7-9-14;/h5-9,13,17H,10-12H2,1-4H3,(H,25,28);6-10,17,28H,11-13H2,1-3,5H3,(H,25,29);6-10,13,17H,11-12H2,1-3,5H3,(H,25,29);5-9,13,17,27H,10-12H2,1-4H3,(H,24,29);1H4/b;;;15-13-;/t4*17-,23-;/m0000./s1/i;;;;1T. The van der Waals surface area contributed by atoms with Gasteiger partial charge in [0, 0.05) is 129 Å². The highest BCUT2D eigenvalue weighted by Crippen LogP contribution is 2.62. The summed E-state index contributed by atoms with van der Waals surface area (Å²) >= 11 is 0. The van der Waals surface area contributed by atoms with Crippen molar-refractivity contribution in [3.8, 4) is 0 Å². The molecule has 0 radical (unpaired) electrons. The van der Waals surface area contributed by atoms with E-state index in [4.69, 9.17) is 39.4 Å². The molecule has 0 saturated heterocycles. The fourth-order valence-corrected chi connectivity index (χ4v) is 21.8. The quantitative estimate of drug-likeness (QED) is 0.0468. The molecule has 8 aliphatic carbocycles. The minimum atomic E-state index is -0.633. The monoisotopic (exact) mass is 1580 g/mol. The van der Waals surface area contributed by atoms with Crippen LogP contribution in [0.2, 0.25) is 0 Å². The average Bonchev–Trinajstić information content (AvgIpc) is 1.42. The van der Waals surface area contributed by atoms with Crippen molar-refractivity contribution < 1.29 is 44.9 Å². The lowest BCUT2D eigenvalue weighted by Gasteiger charge is -2.52. The first kappa shape index (κ1) is 81.5. The van der Waals surface area contributed by atoms with Crippen LogP contribution in [0.15, 0.2) is 167 Å². The number of hydrogen-bond donors (Lipinski definition) is 6. The Kier molecular flexibility index (Phi) is 21.3. The highest BCUT2D eigenvalue weighted by atomic mass is 16.5. The van der Waals surface area contributed by atoms with Gasteiger partial charge < -0.3 is 40.8 Å². The van der Waals surface area contributed by atoms with E-state index < -0.39 is 21.7 Å². The van der Waals surface area contributed by atoms with E-state index in [0.29, 0.717) is 63.9 Å². The minimum absolute atomic E-state index is 0.0134. The minimum Gasteiger partial charge on any atom is -0.523 e. The number of ketones is 2. The molecular formula is C93H107N15O9. The van der Waals surface area contributed by atoms with Crippen molar-refractivity contribution in [2.75, 3.05) is 21.3 Å². The van der Waals surface area contributed by atoms with Gasteiger partial charge in [-0.25, -0.2) is 9.69 Å². The molecule has 5 aromatic heterocycles. The van der Waals surface area contributed by atoms with Gasteiger partial charge in [0.2, 0.25) is 11.4 Å². The largest absolute Gasteiger partial charge is 0.523 e. The van der Waals surface area contributed by atoms with Gasteiger partial charge in [-0.3, -0.25) is 42.7 Å². The molecule has 6 N–H and O–H groups in total. The van der Waals surface area contributed by atoms with E-state index in [1.165, 1.54) is 13.0 Å². The predicted octanol–water partition coefficient (Wildman–Crippen LogP) is 17.1. The molecule has 4 amide bonds. The summed E-state index contributed by atoms with van der Waals surface area (Å²) in [6.07, 6.45) is 13.1. The third kappa shape index (κ3) is 13.8. The normalized spacial score (nSPS) is 25.0. The predicted molar refractivity (Wildman–Crippen MR) is 449 cm³/mol. The van der Waals surface area contributed by atoms with Crippen LogP contribution in [0.3, 0.4) is 0 Å². The van der Waals surface area contributed by atoms with E-state index in [1.54, 1.807) is 56.5 Å². The molecule has 0 unspecified atom stereocenters. The molecule has 4 aromatic carbocycles. The second kappa shape index (κ2) is 30.5. The molecule has 24 heteroatoms. The molecule has 1 fully saturated rings. The Morgan fingerprint density at radius 2 is 0.812 bits per heavy atom. The van der Waals surface area contributed by atoms with Gasteiger partial charge >= 0.3 is 0 Å². The van der Waals surface area contributed by atoms with Gasteiger partial charge in [0.15, 0.2) is 11.6 Å². The van der Waals surface area contributed by atoms with E-state index in [-0.39, 0.29) is 86.1 Å². The Morgan fingerprint density at radius 1 is 0.479 bits per heavy atom. The zero-order valence-electron chi connectivity index (χ0n) is 71.0. The lowest BCUT2D eigenvalue weighted by molar-refractivity contribution is -0.131. The zero-order chi connectivity index (χ0) is 85.3. The molecule has 0 bridgehead atoms. The fourth-order valence-electron chi connectivity index (χ4n) is 21.8. The topological polar surface area (TPSA) is 297 Å². The first-order chi connectivity index (χ1) is 55.9. The molecule has 9 aromatic rings. The third-order valence-electron chi connectivity index (χ3n) is 27.3. The van der Waals surface area contributed by atoms with E-state index >= 15 is 0 Å². The Balaban J connectivity index is 0.000000135. The maximum absolute atomic E-state index is 12.9. The average molecular weight is 1580 g/mol. The van der Waals surface area contributed by atoms with Gasteiger partial charge in [0.1, 0.15) is 34.8 Å². The van der Waals surface area contributed by atoms with E-state index in [9.17, 15) is 39.0 Å². The summed E-state index contributed by atoms with van der Waals surface area (Å²) in [6, 6.07) is 36.6. The summed E-state index contributed by atoms with van der Waals surface area (Å²) in [4.78, 5) is 83.7. The number of rotatable bonds is 8. The maximum Gasteiger partial charge on any atom is 0.256 e. The van der Waals surface area contributed by atoms with Crippen molar-refractivity contribution >= 4 is 58.5 Å². The van der Waals surface area contributed by atoms with Crippen molar-refractivity contribution in [2.24, 2.45) is 68.1 Å². The third-order valence-corrected chi connectivity index (χ3v) is 27.3. The van der Waals surface area contributed by atoms with Crippen LogP contribution in [0.1, 0.15) is 228 Å². The number of nitrogens with one attached hydrogen (secondary N) is 4. The van der Waals surface area contributed by atoms with Gasteiger partial charge in [-0.05, 0) is 143 Å². The number of carbonyl (C=O) groups is 6. The number of allylic oxidation sites excluding steroid dienone is 5. The molecule has 17 rings (SSSR count). The summed E-state index contributed by atoms with van der Waals surface area (Å²) in [7, 11) is 8.65. The van der Waals surface area contributed by atoms with Crippen LogP contribution in [-0.2, 0) is 97.0 Å². The highest BCUT2D eigenvalue weighted by molar-refractivity contribution is 6.07. The Labute approximate surface area is 685 Å². The molecule has 1 saturated carbocycles. The molecule has 608 valence electrons. The number of benzene rings is 4. The fraction of sp³-hybridized carbons (Fsp3) is 0.430. The molecule has 117 heavy (non-hydrogen) atoms. The van der Waals surface area contributed by atoms with Gasteiger partial charge in [0.25, 0.3) is 23.6 Å². The first-order valence-electron chi connectivity index (χ1n) is 40.9. The highest BCUT2D eigenvalue weighted by Gasteiger charge is 2.61. The second-order valence-corrected chi connectivity index (χ2v) is 35.8.